The maximum Gasteiger partial charge on any atom is 0.251 e. The predicted molar refractivity (Wildman–Crippen MR) is 166 cm³/mol. The third kappa shape index (κ3) is 7.96. The van der Waals surface area contributed by atoms with Crippen LogP contribution in [0.25, 0.3) is 11.0 Å². The van der Waals surface area contributed by atoms with Crippen molar-refractivity contribution in [3.05, 3.63) is 77.6 Å². The molecule has 0 aliphatic rings. The summed E-state index contributed by atoms with van der Waals surface area (Å²) in [6.45, 7) is 4.37. The molecule has 0 saturated heterocycles. The number of hydrogen-bond acceptors (Lipinski definition) is 6. The number of rotatable bonds is 17. The van der Waals surface area contributed by atoms with Crippen molar-refractivity contribution in [3.8, 4) is 23.0 Å². The van der Waals surface area contributed by atoms with Crippen LogP contribution in [0.15, 0.2) is 60.7 Å². The van der Waals surface area contributed by atoms with E-state index < -0.39 is 0 Å². The van der Waals surface area contributed by atoms with Gasteiger partial charge in [-0.05, 0) is 74.1 Å². The van der Waals surface area contributed by atoms with Crippen LogP contribution in [0, 0.1) is 0 Å². The number of methoxy groups -OCH3 is 3. The number of para-hydroxylation sites is 2. The zero-order chi connectivity index (χ0) is 29.7. The molecule has 0 fully saturated rings. The summed E-state index contributed by atoms with van der Waals surface area (Å²) in [6, 6.07) is 20.0. The minimum Gasteiger partial charge on any atom is -0.494 e. The Morgan fingerprint density at radius 1 is 0.857 bits per heavy atom. The molecule has 224 valence electrons. The normalized spacial score (nSPS) is 11.0. The first-order chi connectivity index (χ1) is 20.6. The fourth-order valence-electron chi connectivity index (χ4n) is 5.05. The van der Waals surface area contributed by atoms with Crippen molar-refractivity contribution in [2.45, 2.75) is 58.4 Å². The number of nitrogens with zero attached hydrogens (tertiary/aromatic N) is 2. The molecule has 1 aromatic heterocycles. The Morgan fingerprint density at radius 2 is 1.60 bits per heavy atom. The third-order valence-electron chi connectivity index (χ3n) is 7.40. The molecule has 4 aromatic rings. The average molecular weight is 574 g/mol. The lowest BCUT2D eigenvalue weighted by molar-refractivity contribution is 0.0952. The van der Waals surface area contributed by atoms with E-state index in [1.807, 2.05) is 6.07 Å². The van der Waals surface area contributed by atoms with Gasteiger partial charge in [-0.25, -0.2) is 4.98 Å². The van der Waals surface area contributed by atoms with Crippen molar-refractivity contribution in [1.29, 1.82) is 0 Å². The number of benzene rings is 3. The predicted octanol–water partition coefficient (Wildman–Crippen LogP) is 6.63. The Hall–Kier alpha value is -4.20. The largest absolute Gasteiger partial charge is 0.494 e. The van der Waals surface area contributed by atoms with Gasteiger partial charge in [0.2, 0.25) is 5.75 Å². The molecule has 8 heteroatoms. The lowest BCUT2D eigenvalue weighted by Crippen LogP contribution is -2.24. The average Bonchev–Trinajstić information content (AvgIpc) is 3.38. The summed E-state index contributed by atoms with van der Waals surface area (Å²) in [5.41, 5.74) is 4.01. The number of nitrogens with one attached hydrogen (secondary N) is 1. The smallest absolute Gasteiger partial charge is 0.251 e. The van der Waals surface area contributed by atoms with Crippen LogP contribution < -0.4 is 24.3 Å². The molecule has 0 atom stereocenters. The van der Waals surface area contributed by atoms with Crippen LogP contribution in [0.5, 0.6) is 23.0 Å². The first kappa shape index (κ1) is 30.8. The molecular weight excluding hydrogens is 530 g/mol. The quantitative estimate of drug-likeness (QED) is 0.143. The van der Waals surface area contributed by atoms with E-state index in [4.69, 9.17) is 23.9 Å². The molecule has 1 heterocycles. The SMILES string of the molecule is CCc1ccc(OCCCCn2c(CCCCCNC(=O)c3cc(OC)c(OC)c(OC)c3)nc3ccccc32)cc1. The number of aryl methyl sites for hydroxylation is 3. The highest BCUT2D eigenvalue weighted by Gasteiger charge is 2.17. The Balaban J connectivity index is 1.23. The highest BCUT2D eigenvalue weighted by molar-refractivity contribution is 5.95. The van der Waals surface area contributed by atoms with E-state index >= 15 is 0 Å². The van der Waals surface area contributed by atoms with Crippen molar-refractivity contribution >= 4 is 16.9 Å². The molecule has 1 N–H and O–H groups in total. The van der Waals surface area contributed by atoms with Crippen molar-refractivity contribution in [2.24, 2.45) is 0 Å². The number of hydrogen-bond donors (Lipinski definition) is 1. The number of fused-ring (bicyclic) bond motifs is 1. The van der Waals surface area contributed by atoms with E-state index in [9.17, 15) is 4.79 Å². The van der Waals surface area contributed by atoms with E-state index in [0.29, 0.717) is 36.0 Å². The number of amides is 1. The van der Waals surface area contributed by atoms with Gasteiger partial charge in [0.15, 0.2) is 11.5 Å². The molecule has 8 nitrogen and oxygen atoms in total. The summed E-state index contributed by atoms with van der Waals surface area (Å²) in [5, 5.41) is 3.00. The molecular formula is C34H43N3O5. The van der Waals surface area contributed by atoms with Crippen LogP contribution in [0.1, 0.15) is 60.8 Å². The molecule has 0 radical (unpaired) electrons. The van der Waals surface area contributed by atoms with E-state index in [1.165, 1.54) is 25.3 Å². The van der Waals surface area contributed by atoms with Crippen LogP contribution in [-0.4, -0.2) is 49.9 Å². The van der Waals surface area contributed by atoms with Gasteiger partial charge in [0.25, 0.3) is 5.91 Å². The van der Waals surface area contributed by atoms with Gasteiger partial charge < -0.3 is 28.8 Å². The Morgan fingerprint density at radius 3 is 2.29 bits per heavy atom. The molecule has 0 unspecified atom stereocenters. The monoisotopic (exact) mass is 573 g/mol. The number of unbranched alkanes of at least 4 members (excludes halogenated alkanes) is 3. The summed E-state index contributed by atoms with van der Waals surface area (Å²) in [4.78, 5) is 17.7. The fourth-order valence-corrected chi connectivity index (χ4v) is 5.05. The second-order valence-corrected chi connectivity index (χ2v) is 10.2. The highest BCUT2D eigenvalue weighted by Crippen LogP contribution is 2.38. The molecule has 0 saturated carbocycles. The molecule has 42 heavy (non-hydrogen) atoms. The van der Waals surface area contributed by atoms with Gasteiger partial charge in [0.1, 0.15) is 11.6 Å². The van der Waals surface area contributed by atoms with E-state index in [-0.39, 0.29) is 5.91 Å². The van der Waals surface area contributed by atoms with Gasteiger partial charge in [-0.15, -0.1) is 0 Å². The van der Waals surface area contributed by atoms with Gasteiger partial charge in [0, 0.05) is 25.1 Å². The number of imidazole rings is 1. The van der Waals surface area contributed by atoms with E-state index in [2.05, 4.69) is 59.3 Å². The van der Waals surface area contributed by atoms with Crippen molar-refractivity contribution in [2.75, 3.05) is 34.5 Å². The van der Waals surface area contributed by atoms with E-state index in [1.54, 1.807) is 19.2 Å². The number of carbonyl (C=O) groups is 1. The zero-order valence-corrected chi connectivity index (χ0v) is 25.3. The summed E-state index contributed by atoms with van der Waals surface area (Å²) < 4.78 is 24.4. The Kier molecular flexibility index (Phi) is 11.5. The van der Waals surface area contributed by atoms with Gasteiger partial charge in [0.05, 0.1) is 39.0 Å². The van der Waals surface area contributed by atoms with Crippen LogP contribution in [0.4, 0.5) is 0 Å². The molecule has 0 aliphatic heterocycles. The molecule has 0 spiro atoms. The standard InChI is InChI=1S/C34H43N3O5/c1-5-25-16-18-27(19-17-25)42-22-12-11-21-37-29-14-9-8-13-28(29)36-32(37)15-7-6-10-20-35-34(38)26-23-30(39-2)33(41-4)31(24-26)40-3/h8-9,13-14,16-19,23-24H,5-7,10-12,15,20-22H2,1-4H3,(H,35,38). The number of carbonyl (C=O) groups excluding carboxylic acids is 1. The van der Waals surface area contributed by atoms with Crippen LogP contribution in [0.2, 0.25) is 0 Å². The first-order valence-corrected chi connectivity index (χ1v) is 14.8. The van der Waals surface area contributed by atoms with Crippen LogP contribution >= 0.6 is 0 Å². The molecule has 3 aromatic carbocycles. The summed E-state index contributed by atoms with van der Waals surface area (Å²) in [6.07, 6.45) is 6.81. The number of aromatic nitrogens is 2. The summed E-state index contributed by atoms with van der Waals surface area (Å²) in [7, 11) is 4.61. The molecule has 0 aliphatic carbocycles. The number of ether oxygens (including phenoxy) is 4. The van der Waals surface area contributed by atoms with Crippen LogP contribution in [-0.2, 0) is 19.4 Å². The van der Waals surface area contributed by atoms with Gasteiger partial charge >= 0.3 is 0 Å². The minimum absolute atomic E-state index is 0.169. The first-order valence-electron chi connectivity index (χ1n) is 14.8. The lowest BCUT2D eigenvalue weighted by Gasteiger charge is -2.14. The topological polar surface area (TPSA) is 83.8 Å². The highest BCUT2D eigenvalue weighted by atomic mass is 16.5. The minimum atomic E-state index is -0.169. The van der Waals surface area contributed by atoms with E-state index in [0.717, 1.165) is 68.6 Å². The molecule has 0 bridgehead atoms. The van der Waals surface area contributed by atoms with Crippen LogP contribution in [0.3, 0.4) is 0 Å². The second kappa shape index (κ2) is 15.7. The zero-order valence-electron chi connectivity index (χ0n) is 25.3. The molecule has 4 rings (SSSR count). The summed E-state index contributed by atoms with van der Waals surface area (Å²) >= 11 is 0. The summed E-state index contributed by atoms with van der Waals surface area (Å²) in [5.74, 6) is 3.26. The van der Waals surface area contributed by atoms with Crippen molar-refractivity contribution in [3.63, 3.8) is 0 Å². The van der Waals surface area contributed by atoms with Crippen molar-refractivity contribution < 1.29 is 23.7 Å². The van der Waals surface area contributed by atoms with Gasteiger partial charge in [-0.1, -0.05) is 37.6 Å². The third-order valence-corrected chi connectivity index (χ3v) is 7.40. The Bertz CT molecular complexity index is 1410. The Labute approximate surface area is 249 Å². The van der Waals surface area contributed by atoms with Gasteiger partial charge in [-0.2, -0.15) is 0 Å². The van der Waals surface area contributed by atoms with Gasteiger partial charge in [-0.3, -0.25) is 4.79 Å². The lowest BCUT2D eigenvalue weighted by atomic mass is 10.1. The maximum atomic E-state index is 12.7. The second-order valence-electron chi connectivity index (χ2n) is 10.2. The fraction of sp³-hybridized carbons (Fsp3) is 0.412. The van der Waals surface area contributed by atoms with Crippen molar-refractivity contribution in [1.82, 2.24) is 14.9 Å². The maximum absolute atomic E-state index is 12.7. The molecule has 1 amide bonds.